The zero-order valence-corrected chi connectivity index (χ0v) is 16.1. The molecule has 3 rings (SSSR count). The Morgan fingerprint density at radius 3 is 2.35 bits per heavy atom. The minimum Gasteiger partial charge on any atom is -0.491 e. The Kier molecular flexibility index (Phi) is 6.66. The summed E-state index contributed by atoms with van der Waals surface area (Å²) in [6.45, 7) is 3.67. The number of carbonyl (C=O) groups is 1. The molecule has 1 saturated heterocycles. The molecule has 2 aromatic rings. The highest BCUT2D eigenvalue weighted by atomic mass is 79.9. The molecule has 26 heavy (non-hydrogen) atoms. The number of aliphatic hydroxyl groups is 1. The predicted molar refractivity (Wildman–Crippen MR) is 104 cm³/mol. The van der Waals surface area contributed by atoms with Gasteiger partial charge in [0.2, 0.25) is 0 Å². The number of benzene rings is 2. The minimum absolute atomic E-state index is 0.0735. The highest BCUT2D eigenvalue weighted by Gasteiger charge is 2.23. The molecule has 0 radical (unpaired) electrons. The second-order valence-corrected chi connectivity index (χ2v) is 7.29. The summed E-state index contributed by atoms with van der Waals surface area (Å²) in [5.41, 5.74) is 0.726. The van der Waals surface area contributed by atoms with Crippen LogP contribution >= 0.6 is 15.9 Å². The number of hydrogen-bond donors (Lipinski definition) is 1. The minimum atomic E-state index is -0.560. The summed E-state index contributed by atoms with van der Waals surface area (Å²) < 4.78 is 6.61. The summed E-state index contributed by atoms with van der Waals surface area (Å²) in [5, 5.41) is 10.2. The standard InChI is InChI=1S/C20H23BrN2O3/c21-17-6-8-19(9-7-17)26-15-18(24)14-22-10-12-23(13-11-22)20(25)16-4-2-1-3-5-16/h1-9,18,24H,10-15H2/t18-/m0/s1. The fourth-order valence-corrected chi connectivity index (χ4v) is 3.24. The van der Waals surface area contributed by atoms with Crippen molar-refractivity contribution in [2.24, 2.45) is 0 Å². The maximum absolute atomic E-state index is 12.4. The Hall–Kier alpha value is -1.89. The maximum atomic E-state index is 12.4. The van der Waals surface area contributed by atoms with Crippen molar-refractivity contribution < 1.29 is 14.6 Å². The van der Waals surface area contributed by atoms with Gasteiger partial charge in [0.05, 0.1) is 0 Å². The smallest absolute Gasteiger partial charge is 0.253 e. The van der Waals surface area contributed by atoms with Crippen LogP contribution < -0.4 is 4.74 Å². The highest BCUT2D eigenvalue weighted by Crippen LogP contribution is 2.16. The van der Waals surface area contributed by atoms with Crippen LogP contribution in [0.1, 0.15) is 10.4 Å². The van der Waals surface area contributed by atoms with Crippen molar-refractivity contribution in [3.8, 4) is 5.75 Å². The number of rotatable bonds is 6. The Bertz CT molecular complexity index is 701. The van der Waals surface area contributed by atoms with Crippen molar-refractivity contribution in [2.75, 3.05) is 39.3 Å². The average Bonchev–Trinajstić information content (AvgIpc) is 2.68. The molecular weight excluding hydrogens is 396 g/mol. The van der Waals surface area contributed by atoms with Crippen LogP contribution in [0.2, 0.25) is 0 Å². The predicted octanol–water partition coefficient (Wildman–Crippen LogP) is 2.65. The van der Waals surface area contributed by atoms with E-state index in [-0.39, 0.29) is 12.5 Å². The molecule has 1 heterocycles. The lowest BCUT2D eigenvalue weighted by Gasteiger charge is -2.35. The third kappa shape index (κ3) is 5.30. The Labute approximate surface area is 162 Å². The fraction of sp³-hybridized carbons (Fsp3) is 0.350. The lowest BCUT2D eigenvalue weighted by Crippen LogP contribution is -2.50. The van der Waals surface area contributed by atoms with Crippen molar-refractivity contribution in [3.63, 3.8) is 0 Å². The molecule has 1 fully saturated rings. The summed E-state index contributed by atoms with van der Waals surface area (Å²) in [4.78, 5) is 16.5. The van der Waals surface area contributed by atoms with Gasteiger partial charge in [-0.05, 0) is 36.4 Å². The second kappa shape index (κ2) is 9.16. The summed E-state index contributed by atoms with van der Waals surface area (Å²) in [5.74, 6) is 0.815. The van der Waals surface area contributed by atoms with E-state index >= 15 is 0 Å². The van der Waals surface area contributed by atoms with E-state index in [4.69, 9.17) is 4.74 Å². The van der Waals surface area contributed by atoms with E-state index in [0.717, 1.165) is 28.9 Å². The van der Waals surface area contributed by atoms with E-state index in [9.17, 15) is 9.90 Å². The van der Waals surface area contributed by atoms with Gasteiger partial charge in [-0.3, -0.25) is 9.69 Å². The van der Waals surface area contributed by atoms with Crippen molar-refractivity contribution in [1.82, 2.24) is 9.80 Å². The lowest BCUT2D eigenvalue weighted by atomic mass is 10.2. The summed E-state index contributed by atoms with van der Waals surface area (Å²) >= 11 is 3.38. The van der Waals surface area contributed by atoms with Gasteiger partial charge in [0.1, 0.15) is 18.5 Å². The number of halogens is 1. The number of carbonyl (C=O) groups excluding carboxylic acids is 1. The van der Waals surface area contributed by atoms with Gasteiger partial charge in [-0.25, -0.2) is 0 Å². The van der Waals surface area contributed by atoms with Gasteiger partial charge >= 0.3 is 0 Å². The number of amides is 1. The van der Waals surface area contributed by atoms with Gasteiger partial charge in [-0.1, -0.05) is 34.1 Å². The van der Waals surface area contributed by atoms with Gasteiger partial charge in [0, 0.05) is 42.8 Å². The molecule has 1 amide bonds. The molecule has 1 aliphatic rings. The molecule has 0 unspecified atom stereocenters. The zero-order valence-electron chi connectivity index (χ0n) is 14.6. The van der Waals surface area contributed by atoms with Crippen LogP contribution in [-0.4, -0.2) is 66.2 Å². The van der Waals surface area contributed by atoms with Crippen LogP contribution in [0.25, 0.3) is 0 Å². The average molecular weight is 419 g/mol. The maximum Gasteiger partial charge on any atom is 0.253 e. The Balaban J connectivity index is 1.40. The molecule has 2 aromatic carbocycles. The van der Waals surface area contributed by atoms with E-state index in [0.29, 0.717) is 19.6 Å². The van der Waals surface area contributed by atoms with E-state index < -0.39 is 6.10 Å². The summed E-state index contributed by atoms with van der Waals surface area (Å²) in [6.07, 6.45) is -0.560. The van der Waals surface area contributed by atoms with E-state index in [1.165, 1.54) is 0 Å². The number of β-amino-alcohol motifs (C(OH)–C–C–N with tert-alkyl or cyclic N) is 1. The van der Waals surface area contributed by atoms with Gasteiger partial charge in [0.25, 0.3) is 5.91 Å². The first kappa shape index (κ1) is 18.9. The fourth-order valence-electron chi connectivity index (χ4n) is 2.97. The van der Waals surface area contributed by atoms with Crippen LogP contribution in [-0.2, 0) is 0 Å². The molecular formula is C20H23BrN2O3. The van der Waals surface area contributed by atoms with Gasteiger partial charge in [0.15, 0.2) is 0 Å². The number of ether oxygens (including phenoxy) is 1. The monoisotopic (exact) mass is 418 g/mol. The van der Waals surface area contributed by atoms with E-state index in [1.54, 1.807) is 0 Å². The SMILES string of the molecule is O=C(c1ccccc1)N1CCN(C[C@H](O)COc2ccc(Br)cc2)CC1. The van der Waals surface area contributed by atoms with E-state index in [2.05, 4.69) is 20.8 Å². The van der Waals surface area contributed by atoms with Crippen LogP contribution in [0.5, 0.6) is 5.75 Å². The van der Waals surface area contributed by atoms with E-state index in [1.807, 2.05) is 59.5 Å². The molecule has 1 N–H and O–H groups in total. The van der Waals surface area contributed by atoms with Crippen molar-refractivity contribution in [1.29, 1.82) is 0 Å². The zero-order chi connectivity index (χ0) is 18.4. The Morgan fingerprint density at radius 2 is 1.69 bits per heavy atom. The highest BCUT2D eigenvalue weighted by molar-refractivity contribution is 9.10. The summed E-state index contributed by atoms with van der Waals surface area (Å²) in [6, 6.07) is 16.9. The topological polar surface area (TPSA) is 53.0 Å². The first-order chi connectivity index (χ1) is 12.6. The lowest BCUT2D eigenvalue weighted by molar-refractivity contribution is 0.0403. The molecule has 1 atom stereocenters. The molecule has 0 saturated carbocycles. The largest absolute Gasteiger partial charge is 0.491 e. The Morgan fingerprint density at radius 1 is 1.04 bits per heavy atom. The van der Waals surface area contributed by atoms with Gasteiger partial charge < -0.3 is 14.7 Å². The van der Waals surface area contributed by atoms with Crippen LogP contribution in [0.3, 0.4) is 0 Å². The molecule has 1 aliphatic heterocycles. The van der Waals surface area contributed by atoms with Gasteiger partial charge in [-0.15, -0.1) is 0 Å². The molecule has 138 valence electrons. The second-order valence-electron chi connectivity index (χ2n) is 6.38. The first-order valence-corrected chi connectivity index (χ1v) is 9.54. The number of aliphatic hydroxyl groups excluding tert-OH is 1. The molecule has 0 aliphatic carbocycles. The van der Waals surface area contributed by atoms with Gasteiger partial charge in [-0.2, -0.15) is 0 Å². The van der Waals surface area contributed by atoms with Crippen LogP contribution in [0.4, 0.5) is 0 Å². The number of piperazine rings is 1. The quantitative estimate of drug-likeness (QED) is 0.783. The van der Waals surface area contributed by atoms with Crippen LogP contribution in [0.15, 0.2) is 59.1 Å². The third-order valence-electron chi connectivity index (χ3n) is 4.41. The number of nitrogens with zero attached hydrogens (tertiary/aromatic N) is 2. The van der Waals surface area contributed by atoms with Crippen molar-refractivity contribution >= 4 is 21.8 Å². The van der Waals surface area contributed by atoms with Crippen LogP contribution in [0, 0.1) is 0 Å². The molecule has 0 bridgehead atoms. The summed E-state index contributed by atoms with van der Waals surface area (Å²) in [7, 11) is 0. The molecule has 6 heteroatoms. The third-order valence-corrected chi connectivity index (χ3v) is 4.93. The molecule has 0 aromatic heterocycles. The first-order valence-electron chi connectivity index (χ1n) is 8.75. The number of hydrogen-bond acceptors (Lipinski definition) is 4. The normalized spacial score (nSPS) is 16.3. The van der Waals surface area contributed by atoms with Crippen molar-refractivity contribution in [3.05, 3.63) is 64.6 Å². The molecule has 5 nitrogen and oxygen atoms in total. The van der Waals surface area contributed by atoms with Crippen molar-refractivity contribution in [2.45, 2.75) is 6.10 Å². The molecule has 0 spiro atoms.